The van der Waals surface area contributed by atoms with Gasteiger partial charge in [-0.1, -0.05) is 0 Å². The molecule has 18 heavy (non-hydrogen) atoms. The van der Waals surface area contributed by atoms with Gasteiger partial charge in [-0.05, 0) is 40.2 Å². The molecule has 104 valence electrons. The fourth-order valence-electron chi connectivity index (χ4n) is 2.02. The molecule has 1 aliphatic heterocycles. The van der Waals surface area contributed by atoms with Crippen LogP contribution in [0.15, 0.2) is 0 Å². The van der Waals surface area contributed by atoms with E-state index in [1.165, 1.54) is 0 Å². The number of amides is 2. The van der Waals surface area contributed by atoms with E-state index in [9.17, 15) is 9.59 Å². The van der Waals surface area contributed by atoms with Crippen LogP contribution >= 0.6 is 0 Å². The molecule has 1 aliphatic rings. The van der Waals surface area contributed by atoms with Crippen LogP contribution < -0.4 is 16.0 Å². The van der Waals surface area contributed by atoms with Gasteiger partial charge in [-0.25, -0.2) is 0 Å². The molecular formula is C13H25N3O2. The molecule has 0 aromatic rings. The molecule has 0 aromatic heterocycles. The third kappa shape index (κ3) is 6.59. The standard InChI is InChI=1S/C13H25N3O2/c1-13(2,3)16-11(17)6-8-15-12(18)9-10-5-4-7-14-10/h10,14H,4-9H2,1-3H3,(H,15,18)(H,16,17). The van der Waals surface area contributed by atoms with Gasteiger partial charge in [0.15, 0.2) is 0 Å². The number of rotatable bonds is 5. The Morgan fingerprint density at radius 3 is 2.56 bits per heavy atom. The lowest BCUT2D eigenvalue weighted by molar-refractivity contribution is -0.123. The molecule has 1 unspecified atom stereocenters. The van der Waals surface area contributed by atoms with Gasteiger partial charge in [-0.2, -0.15) is 0 Å². The second-order valence-corrected chi connectivity index (χ2v) is 5.90. The van der Waals surface area contributed by atoms with Crippen molar-refractivity contribution in [1.29, 1.82) is 0 Å². The predicted molar refractivity (Wildman–Crippen MR) is 71.2 cm³/mol. The minimum atomic E-state index is -0.213. The van der Waals surface area contributed by atoms with Gasteiger partial charge in [0.2, 0.25) is 11.8 Å². The highest BCUT2D eigenvalue weighted by atomic mass is 16.2. The van der Waals surface area contributed by atoms with Gasteiger partial charge in [0.25, 0.3) is 0 Å². The Labute approximate surface area is 109 Å². The molecule has 0 bridgehead atoms. The average Bonchev–Trinajstić information content (AvgIpc) is 2.67. The van der Waals surface area contributed by atoms with Gasteiger partial charge in [0.1, 0.15) is 0 Å². The summed E-state index contributed by atoms with van der Waals surface area (Å²) in [6.07, 6.45) is 3.06. The van der Waals surface area contributed by atoms with Crippen molar-refractivity contribution in [2.75, 3.05) is 13.1 Å². The fourth-order valence-corrected chi connectivity index (χ4v) is 2.02. The van der Waals surface area contributed by atoms with Crippen LogP contribution in [0.1, 0.15) is 46.5 Å². The minimum Gasteiger partial charge on any atom is -0.356 e. The first-order valence-electron chi connectivity index (χ1n) is 6.68. The summed E-state index contributed by atoms with van der Waals surface area (Å²) in [6.45, 7) is 7.24. The van der Waals surface area contributed by atoms with Crippen molar-refractivity contribution in [2.24, 2.45) is 0 Å². The second kappa shape index (κ2) is 6.73. The van der Waals surface area contributed by atoms with Crippen LogP contribution in [0.2, 0.25) is 0 Å². The number of carbonyl (C=O) groups is 2. The molecule has 3 N–H and O–H groups in total. The highest BCUT2D eigenvalue weighted by Crippen LogP contribution is 2.08. The third-order valence-electron chi connectivity index (χ3n) is 2.78. The molecule has 1 heterocycles. The van der Waals surface area contributed by atoms with Crippen LogP contribution in [0.5, 0.6) is 0 Å². The van der Waals surface area contributed by atoms with E-state index in [4.69, 9.17) is 0 Å². The summed E-state index contributed by atoms with van der Waals surface area (Å²) < 4.78 is 0. The van der Waals surface area contributed by atoms with Crippen LogP contribution in [0.3, 0.4) is 0 Å². The molecule has 0 saturated carbocycles. The van der Waals surface area contributed by atoms with Crippen molar-refractivity contribution in [3.05, 3.63) is 0 Å². The van der Waals surface area contributed by atoms with Gasteiger partial charge in [-0.15, -0.1) is 0 Å². The summed E-state index contributed by atoms with van der Waals surface area (Å²) in [7, 11) is 0. The fraction of sp³-hybridized carbons (Fsp3) is 0.846. The first-order valence-corrected chi connectivity index (χ1v) is 6.68. The Morgan fingerprint density at radius 2 is 2.00 bits per heavy atom. The Balaban J connectivity index is 2.09. The van der Waals surface area contributed by atoms with Crippen molar-refractivity contribution < 1.29 is 9.59 Å². The molecule has 1 rings (SSSR count). The van der Waals surface area contributed by atoms with Crippen LogP contribution in [-0.4, -0.2) is 36.5 Å². The van der Waals surface area contributed by atoms with E-state index < -0.39 is 0 Å². The van der Waals surface area contributed by atoms with Crippen molar-refractivity contribution in [2.45, 2.75) is 58.0 Å². The van der Waals surface area contributed by atoms with Crippen molar-refractivity contribution >= 4 is 11.8 Å². The maximum absolute atomic E-state index is 11.6. The summed E-state index contributed by atoms with van der Waals surface area (Å²) in [5, 5.41) is 8.93. The van der Waals surface area contributed by atoms with Gasteiger partial charge in [-0.3, -0.25) is 9.59 Å². The third-order valence-corrected chi connectivity index (χ3v) is 2.78. The van der Waals surface area contributed by atoms with Crippen molar-refractivity contribution in [3.63, 3.8) is 0 Å². The monoisotopic (exact) mass is 255 g/mol. The minimum absolute atomic E-state index is 0.0259. The van der Waals surface area contributed by atoms with E-state index in [0.717, 1.165) is 19.4 Å². The SMILES string of the molecule is CC(C)(C)NC(=O)CCNC(=O)CC1CCCN1. The molecule has 1 atom stereocenters. The summed E-state index contributed by atoms with van der Waals surface area (Å²) in [5.74, 6) is -0.000231. The predicted octanol–water partition coefficient (Wildman–Crippen LogP) is 0.550. The zero-order chi connectivity index (χ0) is 13.6. The quantitative estimate of drug-likeness (QED) is 0.672. The maximum Gasteiger partial charge on any atom is 0.222 e. The zero-order valence-electron chi connectivity index (χ0n) is 11.6. The van der Waals surface area contributed by atoms with Crippen molar-refractivity contribution in [3.8, 4) is 0 Å². The van der Waals surface area contributed by atoms with Crippen LogP contribution in [-0.2, 0) is 9.59 Å². The second-order valence-electron chi connectivity index (χ2n) is 5.90. The van der Waals surface area contributed by atoms with Crippen LogP contribution in [0.25, 0.3) is 0 Å². The molecule has 1 saturated heterocycles. The number of hydrogen-bond acceptors (Lipinski definition) is 3. The van der Waals surface area contributed by atoms with Gasteiger partial charge in [0.05, 0.1) is 0 Å². The molecule has 0 aromatic carbocycles. The molecular weight excluding hydrogens is 230 g/mol. The van der Waals surface area contributed by atoms with Gasteiger partial charge in [0, 0.05) is 31.0 Å². The smallest absolute Gasteiger partial charge is 0.222 e. The van der Waals surface area contributed by atoms with Gasteiger partial charge >= 0.3 is 0 Å². The molecule has 5 heteroatoms. The molecule has 0 spiro atoms. The largest absolute Gasteiger partial charge is 0.356 e. The first kappa shape index (κ1) is 15.0. The summed E-state index contributed by atoms with van der Waals surface area (Å²) in [6, 6.07) is 0.313. The Morgan fingerprint density at radius 1 is 1.28 bits per heavy atom. The normalized spacial score (nSPS) is 19.6. The highest BCUT2D eigenvalue weighted by Gasteiger charge is 2.18. The van der Waals surface area contributed by atoms with Crippen molar-refractivity contribution in [1.82, 2.24) is 16.0 Å². The molecule has 2 amide bonds. The number of nitrogens with one attached hydrogen (secondary N) is 3. The summed E-state index contributed by atoms with van der Waals surface area (Å²) >= 11 is 0. The van der Waals surface area contributed by atoms with Crippen LogP contribution in [0, 0.1) is 0 Å². The molecule has 0 radical (unpaired) electrons. The first-order chi connectivity index (χ1) is 8.37. The van der Waals surface area contributed by atoms with E-state index >= 15 is 0 Å². The Hall–Kier alpha value is -1.10. The lowest BCUT2D eigenvalue weighted by Gasteiger charge is -2.20. The molecule has 5 nitrogen and oxygen atoms in total. The lowest BCUT2D eigenvalue weighted by Crippen LogP contribution is -2.42. The van der Waals surface area contributed by atoms with E-state index in [0.29, 0.717) is 25.4 Å². The van der Waals surface area contributed by atoms with E-state index in [1.54, 1.807) is 0 Å². The highest BCUT2D eigenvalue weighted by molar-refractivity contribution is 5.79. The van der Waals surface area contributed by atoms with Gasteiger partial charge < -0.3 is 16.0 Å². The summed E-state index contributed by atoms with van der Waals surface area (Å²) in [4.78, 5) is 23.1. The maximum atomic E-state index is 11.6. The van der Waals surface area contributed by atoms with E-state index in [2.05, 4.69) is 16.0 Å². The average molecular weight is 255 g/mol. The topological polar surface area (TPSA) is 70.2 Å². The zero-order valence-corrected chi connectivity index (χ0v) is 11.6. The Kier molecular flexibility index (Phi) is 5.59. The Bertz CT molecular complexity index is 291. The number of hydrogen-bond donors (Lipinski definition) is 3. The van der Waals surface area contributed by atoms with E-state index in [-0.39, 0.29) is 17.4 Å². The lowest BCUT2D eigenvalue weighted by atomic mass is 10.1. The van der Waals surface area contributed by atoms with Crippen LogP contribution in [0.4, 0.5) is 0 Å². The van der Waals surface area contributed by atoms with E-state index in [1.807, 2.05) is 20.8 Å². The molecule has 0 aliphatic carbocycles. The molecule has 1 fully saturated rings. The number of carbonyl (C=O) groups excluding carboxylic acids is 2. The summed E-state index contributed by atoms with van der Waals surface area (Å²) in [5.41, 5.74) is -0.213.